The molecule has 1 aromatic carbocycles. The first-order valence-corrected chi connectivity index (χ1v) is 6.16. The van der Waals surface area contributed by atoms with Crippen LogP contribution in [0.5, 0.6) is 0 Å². The number of nitrogens with zero attached hydrogens (tertiary/aromatic N) is 1. The fraction of sp³-hybridized carbons (Fsp3) is 0.300. The second kappa shape index (κ2) is 3.81. The number of sulfone groups is 1. The molecule has 0 saturated heterocycles. The third-order valence-electron chi connectivity index (χ3n) is 1.89. The summed E-state index contributed by atoms with van der Waals surface area (Å²) in [7, 11) is -3.00. The summed E-state index contributed by atoms with van der Waals surface area (Å²) in [5.41, 5.74) is 2.15. The zero-order valence-corrected chi connectivity index (χ0v) is 8.93. The number of hydrogen-bond donors (Lipinski definition) is 0. The van der Waals surface area contributed by atoms with E-state index in [2.05, 4.69) is 0 Å². The SMILES string of the molecule is Cc1cc(C#N)ccc1CS(C)(=O)=O. The molecule has 0 amide bonds. The van der Waals surface area contributed by atoms with Gasteiger partial charge in [0, 0.05) is 6.26 Å². The van der Waals surface area contributed by atoms with Gasteiger partial charge in [0.05, 0.1) is 17.4 Å². The van der Waals surface area contributed by atoms with Gasteiger partial charge in [0.15, 0.2) is 9.84 Å². The molecule has 0 spiro atoms. The van der Waals surface area contributed by atoms with Crippen molar-refractivity contribution in [1.29, 1.82) is 5.26 Å². The Bertz CT molecular complexity index is 483. The van der Waals surface area contributed by atoms with E-state index in [9.17, 15) is 8.42 Å². The lowest BCUT2D eigenvalue weighted by Gasteiger charge is -2.03. The standard InChI is InChI=1S/C10H11NO2S/c1-8-5-9(6-11)3-4-10(8)7-14(2,12)13/h3-5H,7H2,1-2H3. The molecule has 0 saturated carbocycles. The molecule has 0 unspecified atom stereocenters. The molecule has 0 aliphatic carbocycles. The Balaban J connectivity index is 3.09. The maximum atomic E-state index is 11.0. The van der Waals surface area contributed by atoms with Crippen LogP contribution >= 0.6 is 0 Å². The second-order valence-electron chi connectivity index (χ2n) is 3.32. The van der Waals surface area contributed by atoms with E-state index >= 15 is 0 Å². The predicted octanol–water partition coefficient (Wildman–Crippen LogP) is 1.41. The van der Waals surface area contributed by atoms with Gasteiger partial charge in [0.2, 0.25) is 0 Å². The van der Waals surface area contributed by atoms with E-state index in [0.29, 0.717) is 5.56 Å². The van der Waals surface area contributed by atoms with Gasteiger partial charge in [-0.3, -0.25) is 0 Å². The molecule has 1 aromatic rings. The molecule has 0 radical (unpaired) electrons. The lowest BCUT2D eigenvalue weighted by molar-refractivity contribution is 0.601. The van der Waals surface area contributed by atoms with Gasteiger partial charge in [-0.05, 0) is 30.2 Å². The van der Waals surface area contributed by atoms with Crippen LogP contribution in [0.3, 0.4) is 0 Å². The van der Waals surface area contributed by atoms with Gasteiger partial charge in [0.25, 0.3) is 0 Å². The average molecular weight is 209 g/mol. The van der Waals surface area contributed by atoms with E-state index in [1.807, 2.05) is 6.07 Å². The van der Waals surface area contributed by atoms with E-state index in [1.54, 1.807) is 25.1 Å². The minimum Gasteiger partial charge on any atom is -0.229 e. The topological polar surface area (TPSA) is 57.9 Å². The summed E-state index contributed by atoms with van der Waals surface area (Å²) in [6, 6.07) is 7.03. The van der Waals surface area contributed by atoms with Crippen molar-refractivity contribution in [3.05, 3.63) is 34.9 Å². The second-order valence-corrected chi connectivity index (χ2v) is 5.46. The molecule has 4 heteroatoms. The normalized spacial score (nSPS) is 10.9. The van der Waals surface area contributed by atoms with E-state index in [4.69, 9.17) is 5.26 Å². The molecule has 0 aliphatic heterocycles. The van der Waals surface area contributed by atoms with Gasteiger partial charge >= 0.3 is 0 Å². The molecule has 0 heterocycles. The zero-order valence-electron chi connectivity index (χ0n) is 8.11. The van der Waals surface area contributed by atoms with Crippen LogP contribution in [0.1, 0.15) is 16.7 Å². The summed E-state index contributed by atoms with van der Waals surface area (Å²) >= 11 is 0. The summed E-state index contributed by atoms with van der Waals surface area (Å²) in [6.45, 7) is 1.81. The summed E-state index contributed by atoms with van der Waals surface area (Å²) in [6.07, 6.45) is 1.20. The minimum absolute atomic E-state index is 0.0323. The highest BCUT2D eigenvalue weighted by atomic mass is 32.2. The fourth-order valence-corrected chi connectivity index (χ4v) is 2.10. The Kier molecular flexibility index (Phi) is 2.92. The number of hydrogen-bond acceptors (Lipinski definition) is 3. The number of nitriles is 1. The van der Waals surface area contributed by atoms with Crippen LogP contribution < -0.4 is 0 Å². The van der Waals surface area contributed by atoms with Crippen molar-refractivity contribution in [2.24, 2.45) is 0 Å². The van der Waals surface area contributed by atoms with Crippen molar-refractivity contribution in [1.82, 2.24) is 0 Å². The Morgan fingerprint density at radius 1 is 1.43 bits per heavy atom. The number of aryl methyl sites for hydroxylation is 1. The van der Waals surface area contributed by atoms with Crippen molar-refractivity contribution in [2.75, 3.05) is 6.26 Å². The molecule has 0 atom stereocenters. The van der Waals surface area contributed by atoms with Crippen molar-refractivity contribution < 1.29 is 8.42 Å². The molecule has 0 aromatic heterocycles. The third kappa shape index (κ3) is 2.86. The van der Waals surface area contributed by atoms with Crippen molar-refractivity contribution >= 4 is 9.84 Å². The molecule has 14 heavy (non-hydrogen) atoms. The highest BCUT2D eigenvalue weighted by molar-refractivity contribution is 7.89. The zero-order chi connectivity index (χ0) is 10.8. The number of rotatable bonds is 2. The summed E-state index contributed by atoms with van der Waals surface area (Å²) < 4.78 is 22.1. The summed E-state index contributed by atoms with van der Waals surface area (Å²) in [4.78, 5) is 0. The molecule has 0 fully saturated rings. The van der Waals surface area contributed by atoms with Crippen LogP contribution in [-0.4, -0.2) is 14.7 Å². The first-order chi connectivity index (χ1) is 6.42. The first kappa shape index (κ1) is 10.7. The third-order valence-corrected chi connectivity index (χ3v) is 2.72. The van der Waals surface area contributed by atoms with Crippen LogP contribution in [0.25, 0.3) is 0 Å². The largest absolute Gasteiger partial charge is 0.229 e. The number of benzene rings is 1. The molecule has 0 bridgehead atoms. The lowest BCUT2D eigenvalue weighted by Crippen LogP contribution is -2.02. The van der Waals surface area contributed by atoms with Gasteiger partial charge in [-0.1, -0.05) is 6.07 Å². The molecule has 0 N–H and O–H groups in total. The minimum atomic E-state index is -3.00. The van der Waals surface area contributed by atoms with Gasteiger partial charge in [-0.15, -0.1) is 0 Å². The van der Waals surface area contributed by atoms with Crippen LogP contribution in [0, 0.1) is 18.3 Å². The molecule has 3 nitrogen and oxygen atoms in total. The van der Waals surface area contributed by atoms with Crippen LogP contribution in [-0.2, 0) is 15.6 Å². The highest BCUT2D eigenvalue weighted by Gasteiger charge is 2.07. The van der Waals surface area contributed by atoms with Crippen molar-refractivity contribution in [3.63, 3.8) is 0 Å². The molecular weight excluding hydrogens is 198 g/mol. The van der Waals surface area contributed by atoms with E-state index in [0.717, 1.165) is 11.1 Å². The van der Waals surface area contributed by atoms with Crippen LogP contribution in [0.2, 0.25) is 0 Å². The molecule has 1 rings (SSSR count). The Labute approximate surface area is 83.9 Å². The monoisotopic (exact) mass is 209 g/mol. The molecule has 74 valence electrons. The van der Waals surface area contributed by atoms with E-state index < -0.39 is 9.84 Å². The smallest absolute Gasteiger partial charge is 0.151 e. The Morgan fingerprint density at radius 2 is 2.07 bits per heavy atom. The Morgan fingerprint density at radius 3 is 2.50 bits per heavy atom. The van der Waals surface area contributed by atoms with Crippen LogP contribution in [0.15, 0.2) is 18.2 Å². The van der Waals surface area contributed by atoms with Crippen molar-refractivity contribution in [2.45, 2.75) is 12.7 Å². The quantitative estimate of drug-likeness (QED) is 0.740. The average Bonchev–Trinajstić information content (AvgIpc) is 2.06. The van der Waals surface area contributed by atoms with Gasteiger partial charge in [-0.2, -0.15) is 5.26 Å². The van der Waals surface area contributed by atoms with Gasteiger partial charge in [-0.25, -0.2) is 8.42 Å². The maximum absolute atomic E-state index is 11.0. The fourth-order valence-electron chi connectivity index (χ4n) is 1.21. The van der Waals surface area contributed by atoms with Gasteiger partial charge in [0.1, 0.15) is 0 Å². The lowest BCUT2D eigenvalue weighted by atomic mass is 10.1. The van der Waals surface area contributed by atoms with Crippen LogP contribution in [0.4, 0.5) is 0 Å². The summed E-state index contributed by atoms with van der Waals surface area (Å²) in [5.74, 6) is 0.0323. The summed E-state index contributed by atoms with van der Waals surface area (Å²) in [5, 5.41) is 8.62. The maximum Gasteiger partial charge on any atom is 0.151 e. The predicted molar refractivity (Wildman–Crippen MR) is 54.4 cm³/mol. The Hall–Kier alpha value is -1.34. The first-order valence-electron chi connectivity index (χ1n) is 4.10. The van der Waals surface area contributed by atoms with Crippen molar-refractivity contribution in [3.8, 4) is 6.07 Å². The van der Waals surface area contributed by atoms with E-state index in [1.165, 1.54) is 6.26 Å². The molecule has 0 aliphatic rings. The molecular formula is C10H11NO2S. The highest BCUT2D eigenvalue weighted by Crippen LogP contribution is 2.13. The van der Waals surface area contributed by atoms with E-state index in [-0.39, 0.29) is 5.75 Å². The van der Waals surface area contributed by atoms with Gasteiger partial charge < -0.3 is 0 Å².